The molecule has 1 aromatic heterocycles. The Morgan fingerprint density at radius 2 is 1.87 bits per heavy atom. The van der Waals surface area contributed by atoms with Crippen molar-refractivity contribution >= 4 is 23.2 Å². The van der Waals surface area contributed by atoms with E-state index >= 15 is 0 Å². The molecule has 0 saturated carbocycles. The third kappa shape index (κ3) is 5.19. The molecule has 2 amide bonds. The smallest absolute Gasteiger partial charge is 0.309 e. The lowest BCUT2D eigenvalue weighted by molar-refractivity contribution is -0.139. The van der Waals surface area contributed by atoms with Crippen LogP contribution in [0.15, 0.2) is 47.2 Å². The first-order valence-electron chi connectivity index (χ1n) is 7.41. The first kappa shape index (κ1) is 17.2. The zero-order valence-corrected chi connectivity index (χ0v) is 13.7. The van der Waals surface area contributed by atoms with Crippen LogP contribution in [0.3, 0.4) is 0 Å². The number of carbonyl (C=O) groups excluding carboxylic acids is 2. The number of hydrogen-bond donors (Lipinski definition) is 3. The molecule has 0 bridgehead atoms. The molecule has 0 aliphatic carbocycles. The fourth-order valence-electron chi connectivity index (χ4n) is 2.12. The van der Waals surface area contributed by atoms with Crippen molar-refractivity contribution in [1.29, 1.82) is 0 Å². The number of carbonyl (C=O) groups is 2. The molecule has 0 radical (unpaired) electrons. The highest BCUT2D eigenvalue weighted by Crippen LogP contribution is 2.18. The molecule has 0 saturated heterocycles. The quantitative estimate of drug-likeness (QED) is 0.709. The van der Waals surface area contributed by atoms with E-state index in [9.17, 15) is 14.7 Å². The van der Waals surface area contributed by atoms with Crippen molar-refractivity contribution in [3.63, 3.8) is 0 Å². The zero-order valence-electron chi connectivity index (χ0n) is 12.9. The van der Waals surface area contributed by atoms with Crippen LogP contribution in [-0.2, 0) is 9.59 Å². The summed E-state index contributed by atoms with van der Waals surface area (Å²) in [6.07, 6.45) is -0.267. The molecule has 6 heteroatoms. The number of nitrogens with one attached hydrogen (secondary N) is 2. The van der Waals surface area contributed by atoms with Crippen molar-refractivity contribution in [2.24, 2.45) is 0 Å². The Morgan fingerprint density at radius 3 is 2.52 bits per heavy atom. The third-order valence-corrected chi connectivity index (χ3v) is 4.19. The van der Waals surface area contributed by atoms with Crippen LogP contribution in [0.2, 0.25) is 0 Å². The van der Waals surface area contributed by atoms with Gasteiger partial charge in [0.1, 0.15) is 0 Å². The lowest BCUT2D eigenvalue weighted by atomic mass is 10.1. The van der Waals surface area contributed by atoms with Crippen LogP contribution in [0.1, 0.15) is 36.6 Å². The number of thiophene rings is 1. The van der Waals surface area contributed by atoms with Crippen LogP contribution in [0.5, 0.6) is 0 Å². The van der Waals surface area contributed by atoms with Gasteiger partial charge < -0.3 is 15.7 Å². The maximum Gasteiger partial charge on any atom is 0.309 e. The molecule has 122 valence electrons. The summed E-state index contributed by atoms with van der Waals surface area (Å²) in [6.45, 7) is 2.06. The summed E-state index contributed by atoms with van der Waals surface area (Å²) >= 11 is 1.51. The van der Waals surface area contributed by atoms with Crippen molar-refractivity contribution in [3.05, 3.63) is 58.3 Å². The number of aliphatic hydroxyl groups is 1. The predicted octanol–water partition coefficient (Wildman–Crippen LogP) is 2.17. The van der Waals surface area contributed by atoms with E-state index in [1.807, 2.05) is 54.1 Å². The summed E-state index contributed by atoms with van der Waals surface area (Å²) in [5, 5.41) is 18.8. The van der Waals surface area contributed by atoms with E-state index in [4.69, 9.17) is 0 Å². The lowest BCUT2D eigenvalue weighted by Gasteiger charge is -2.14. The van der Waals surface area contributed by atoms with Crippen LogP contribution < -0.4 is 10.6 Å². The molecular weight excluding hydrogens is 312 g/mol. The molecule has 0 spiro atoms. The highest BCUT2D eigenvalue weighted by molar-refractivity contribution is 7.07. The Hall–Kier alpha value is -2.18. The standard InChI is InChI=1S/C17H20N2O3S/c1-12(13-5-3-2-4-6-13)19-17(22)16(21)18-9-7-15(20)14-8-10-23-11-14/h2-6,8,10-12,15,20H,7,9H2,1H3,(H,18,21)(H,19,22). The van der Waals surface area contributed by atoms with Gasteiger partial charge >= 0.3 is 11.8 Å². The Labute approximate surface area is 139 Å². The van der Waals surface area contributed by atoms with Gasteiger partial charge in [-0.1, -0.05) is 30.3 Å². The van der Waals surface area contributed by atoms with Gasteiger partial charge in [0.25, 0.3) is 0 Å². The summed E-state index contributed by atoms with van der Waals surface area (Å²) in [7, 11) is 0. The van der Waals surface area contributed by atoms with Crippen molar-refractivity contribution in [1.82, 2.24) is 10.6 Å². The minimum atomic E-state index is -0.690. The van der Waals surface area contributed by atoms with E-state index < -0.39 is 17.9 Å². The molecule has 2 aromatic rings. The lowest BCUT2D eigenvalue weighted by Crippen LogP contribution is -2.41. The Kier molecular flexibility index (Phi) is 6.31. The minimum absolute atomic E-state index is 0.239. The average molecular weight is 332 g/mol. The van der Waals surface area contributed by atoms with Gasteiger partial charge in [-0.2, -0.15) is 11.3 Å². The number of rotatable bonds is 6. The largest absolute Gasteiger partial charge is 0.388 e. The average Bonchev–Trinajstić information content (AvgIpc) is 3.10. The first-order chi connectivity index (χ1) is 11.1. The number of aliphatic hydroxyl groups excluding tert-OH is 1. The van der Waals surface area contributed by atoms with Crippen LogP contribution in [-0.4, -0.2) is 23.5 Å². The molecule has 2 atom stereocenters. The molecule has 1 heterocycles. The highest BCUT2D eigenvalue weighted by atomic mass is 32.1. The van der Waals surface area contributed by atoms with E-state index in [1.54, 1.807) is 0 Å². The molecule has 0 aliphatic rings. The van der Waals surface area contributed by atoms with Gasteiger partial charge in [-0.3, -0.25) is 9.59 Å². The van der Waals surface area contributed by atoms with Crippen LogP contribution in [0.25, 0.3) is 0 Å². The number of benzene rings is 1. The van der Waals surface area contributed by atoms with Crippen molar-refractivity contribution < 1.29 is 14.7 Å². The van der Waals surface area contributed by atoms with Gasteiger partial charge in [0.05, 0.1) is 12.1 Å². The zero-order chi connectivity index (χ0) is 16.7. The van der Waals surface area contributed by atoms with Crippen LogP contribution in [0, 0.1) is 0 Å². The topological polar surface area (TPSA) is 78.4 Å². The summed E-state index contributed by atoms with van der Waals surface area (Å²) < 4.78 is 0. The summed E-state index contributed by atoms with van der Waals surface area (Å²) in [5.41, 5.74) is 1.76. The van der Waals surface area contributed by atoms with Gasteiger partial charge in [-0.15, -0.1) is 0 Å². The minimum Gasteiger partial charge on any atom is -0.388 e. The van der Waals surface area contributed by atoms with Crippen molar-refractivity contribution in [2.45, 2.75) is 25.5 Å². The molecular formula is C17H20N2O3S. The summed E-state index contributed by atoms with van der Waals surface area (Å²) in [4.78, 5) is 23.6. The molecule has 5 nitrogen and oxygen atoms in total. The maximum atomic E-state index is 11.8. The summed E-state index contributed by atoms with van der Waals surface area (Å²) in [6, 6.07) is 11.0. The first-order valence-corrected chi connectivity index (χ1v) is 8.36. The third-order valence-electron chi connectivity index (χ3n) is 3.48. The Bertz CT molecular complexity index is 629. The molecule has 2 rings (SSSR count). The second-order valence-electron chi connectivity index (χ2n) is 5.22. The molecule has 1 aromatic carbocycles. The van der Waals surface area contributed by atoms with Gasteiger partial charge in [-0.05, 0) is 41.3 Å². The molecule has 2 unspecified atom stereocenters. The molecule has 0 fully saturated rings. The fraction of sp³-hybridized carbons (Fsp3) is 0.294. The number of amides is 2. The van der Waals surface area contributed by atoms with Crippen molar-refractivity contribution in [3.8, 4) is 0 Å². The Balaban J connectivity index is 1.74. The van der Waals surface area contributed by atoms with Gasteiger partial charge in [0.2, 0.25) is 0 Å². The highest BCUT2D eigenvalue weighted by Gasteiger charge is 2.17. The van der Waals surface area contributed by atoms with E-state index in [0.29, 0.717) is 6.42 Å². The van der Waals surface area contributed by atoms with E-state index in [0.717, 1.165) is 11.1 Å². The predicted molar refractivity (Wildman–Crippen MR) is 89.9 cm³/mol. The van der Waals surface area contributed by atoms with E-state index in [-0.39, 0.29) is 12.6 Å². The monoisotopic (exact) mass is 332 g/mol. The van der Waals surface area contributed by atoms with Gasteiger partial charge in [0, 0.05) is 6.54 Å². The molecule has 0 aliphatic heterocycles. The Morgan fingerprint density at radius 1 is 1.13 bits per heavy atom. The van der Waals surface area contributed by atoms with Crippen LogP contribution >= 0.6 is 11.3 Å². The summed E-state index contributed by atoms with van der Waals surface area (Å²) in [5.74, 6) is -1.36. The SMILES string of the molecule is CC(NC(=O)C(=O)NCCC(O)c1ccsc1)c1ccccc1. The second-order valence-corrected chi connectivity index (χ2v) is 6.00. The normalized spacial score (nSPS) is 13.1. The van der Waals surface area contributed by atoms with Crippen LogP contribution in [0.4, 0.5) is 0 Å². The van der Waals surface area contributed by atoms with Gasteiger partial charge in [0.15, 0.2) is 0 Å². The van der Waals surface area contributed by atoms with E-state index in [2.05, 4.69) is 10.6 Å². The molecule has 23 heavy (non-hydrogen) atoms. The second kappa shape index (κ2) is 8.45. The van der Waals surface area contributed by atoms with Crippen molar-refractivity contribution in [2.75, 3.05) is 6.54 Å². The van der Waals surface area contributed by atoms with Gasteiger partial charge in [-0.25, -0.2) is 0 Å². The molecule has 3 N–H and O–H groups in total. The fourth-order valence-corrected chi connectivity index (χ4v) is 2.83. The maximum absolute atomic E-state index is 11.8. The van der Waals surface area contributed by atoms with E-state index in [1.165, 1.54) is 11.3 Å². The number of hydrogen-bond acceptors (Lipinski definition) is 4.